The average Bonchev–Trinajstić information content (AvgIpc) is 3.01. The minimum atomic E-state index is -3.20. The Bertz CT molecular complexity index is 998. The van der Waals surface area contributed by atoms with Crippen LogP contribution in [-0.2, 0) is 10.0 Å². The second kappa shape index (κ2) is 5.71. The molecule has 3 aromatic heterocycles. The molecule has 1 atom stereocenters. The van der Waals surface area contributed by atoms with Crippen molar-refractivity contribution >= 4 is 37.6 Å². The van der Waals surface area contributed by atoms with Crippen LogP contribution in [0, 0.1) is 0 Å². The Morgan fingerprint density at radius 2 is 2.21 bits per heavy atom. The van der Waals surface area contributed by atoms with Crippen molar-refractivity contribution in [1.82, 2.24) is 19.7 Å². The van der Waals surface area contributed by atoms with Crippen molar-refractivity contribution in [2.75, 3.05) is 24.2 Å². The predicted molar refractivity (Wildman–Crippen MR) is 94.6 cm³/mol. The van der Waals surface area contributed by atoms with Crippen molar-refractivity contribution in [1.29, 1.82) is 0 Å². The zero-order valence-corrected chi connectivity index (χ0v) is 14.2. The quantitative estimate of drug-likeness (QED) is 0.753. The van der Waals surface area contributed by atoms with Crippen molar-refractivity contribution in [2.45, 2.75) is 18.9 Å². The maximum atomic E-state index is 11.5. The van der Waals surface area contributed by atoms with Gasteiger partial charge in [0.1, 0.15) is 0 Å². The number of aromatic amines is 1. The second-order valence-corrected chi connectivity index (χ2v) is 8.05. The summed E-state index contributed by atoms with van der Waals surface area (Å²) < 4.78 is 25.8. The number of H-pyrrole nitrogens is 1. The molecule has 3 aromatic rings. The summed E-state index contributed by atoms with van der Waals surface area (Å²) in [6, 6.07) is 3.94. The summed E-state index contributed by atoms with van der Waals surface area (Å²) in [5.74, 6) is 0. The molecule has 1 unspecified atom stereocenters. The summed E-state index contributed by atoms with van der Waals surface area (Å²) in [6.45, 7) is 1.56. The van der Waals surface area contributed by atoms with Gasteiger partial charge in [-0.1, -0.05) is 0 Å². The molecule has 1 aliphatic heterocycles. The first-order chi connectivity index (χ1) is 11.5. The largest absolute Gasteiger partial charge is 0.369 e. The lowest BCUT2D eigenvalue weighted by atomic mass is 10.0. The summed E-state index contributed by atoms with van der Waals surface area (Å²) in [5, 5.41) is 2.09. The molecule has 0 bridgehead atoms. The zero-order valence-electron chi connectivity index (χ0n) is 13.4. The molecule has 1 aliphatic rings. The van der Waals surface area contributed by atoms with E-state index in [0.717, 1.165) is 47.0 Å². The van der Waals surface area contributed by atoms with E-state index < -0.39 is 10.0 Å². The van der Waals surface area contributed by atoms with Crippen LogP contribution < -0.4 is 9.62 Å². The van der Waals surface area contributed by atoms with Crippen LogP contribution >= 0.6 is 0 Å². The first-order valence-electron chi connectivity index (χ1n) is 7.94. The molecule has 4 heterocycles. The number of hydrogen-bond acceptors (Lipinski definition) is 5. The summed E-state index contributed by atoms with van der Waals surface area (Å²) in [6.07, 6.45) is 8.47. The van der Waals surface area contributed by atoms with Crippen LogP contribution in [0.1, 0.15) is 12.8 Å². The predicted octanol–water partition coefficient (Wildman–Crippen LogP) is 1.63. The van der Waals surface area contributed by atoms with Gasteiger partial charge in [0.2, 0.25) is 10.0 Å². The Labute approximate surface area is 140 Å². The van der Waals surface area contributed by atoms with Crippen LogP contribution in [0.3, 0.4) is 0 Å². The first kappa shape index (κ1) is 15.3. The van der Waals surface area contributed by atoms with Crippen LogP contribution in [0.2, 0.25) is 0 Å². The molecule has 0 spiro atoms. The highest BCUT2D eigenvalue weighted by atomic mass is 32.2. The Hall–Kier alpha value is -2.19. The van der Waals surface area contributed by atoms with E-state index in [1.807, 2.05) is 18.3 Å². The lowest BCUT2D eigenvalue weighted by Crippen LogP contribution is -2.47. The SMILES string of the molecule is CS(=O)(=O)NC1CCCN(c2cc[nH]c3cnc4nccc4c23)C1. The van der Waals surface area contributed by atoms with Gasteiger partial charge in [-0.25, -0.2) is 23.1 Å². The number of nitrogens with zero attached hydrogens (tertiary/aromatic N) is 3. The van der Waals surface area contributed by atoms with E-state index in [1.165, 1.54) is 6.26 Å². The highest BCUT2D eigenvalue weighted by molar-refractivity contribution is 7.88. The van der Waals surface area contributed by atoms with E-state index in [-0.39, 0.29) is 6.04 Å². The Balaban J connectivity index is 1.77. The second-order valence-electron chi connectivity index (χ2n) is 6.27. The molecule has 2 N–H and O–H groups in total. The molecule has 1 fully saturated rings. The van der Waals surface area contributed by atoms with Gasteiger partial charge in [-0.15, -0.1) is 0 Å². The van der Waals surface area contributed by atoms with Gasteiger partial charge in [0.15, 0.2) is 5.65 Å². The third-order valence-corrected chi connectivity index (χ3v) is 5.17. The van der Waals surface area contributed by atoms with Gasteiger partial charge in [-0.05, 0) is 25.0 Å². The molecule has 7 nitrogen and oxygen atoms in total. The minimum Gasteiger partial charge on any atom is -0.369 e. The number of sulfonamides is 1. The monoisotopic (exact) mass is 345 g/mol. The lowest BCUT2D eigenvalue weighted by molar-refractivity contribution is 0.468. The molecule has 1 saturated heterocycles. The van der Waals surface area contributed by atoms with E-state index in [4.69, 9.17) is 0 Å². The Morgan fingerprint density at radius 1 is 1.33 bits per heavy atom. The van der Waals surface area contributed by atoms with Crippen molar-refractivity contribution in [3.8, 4) is 0 Å². The summed E-state index contributed by atoms with van der Waals surface area (Å²) in [5.41, 5.74) is 2.77. The molecule has 4 rings (SSSR count). The number of anilines is 1. The van der Waals surface area contributed by atoms with E-state index in [0.29, 0.717) is 6.54 Å². The topological polar surface area (TPSA) is 91.0 Å². The van der Waals surface area contributed by atoms with Gasteiger partial charge in [0.25, 0.3) is 0 Å². The summed E-state index contributed by atoms with van der Waals surface area (Å²) in [4.78, 5) is 14.1. The fourth-order valence-electron chi connectivity index (χ4n) is 3.50. The van der Waals surface area contributed by atoms with Gasteiger partial charge in [-0.3, -0.25) is 0 Å². The molecule has 0 aliphatic carbocycles. The maximum absolute atomic E-state index is 11.5. The summed E-state index contributed by atoms with van der Waals surface area (Å²) >= 11 is 0. The third-order valence-electron chi connectivity index (χ3n) is 4.41. The van der Waals surface area contributed by atoms with Crippen LogP contribution in [0.25, 0.3) is 21.9 Å². The van der Waals surface area contributed by atoms with E-state index in [9.17, 15) is 8.42 Å². The Morgan fingerprint density at radius 3 is 3.04 bits per heavy atom. The van der Waals surface area contributed by atoms with Gasteiger partial charge in [-0.2, -0.15) is 0 Å². The molecule has 0 saturated carbocycles. The number of rotatable bonds is 3. The molecule has 24 heavy (non-hydrogen) atoms. The number of nitrogens with one attached hydrogen (secondary N) is 2. The number of aromatic nitrogens is 3. The summed E-state index contributed by atoms with van der Waals surface area (Å²) in [7, 11) is -3.20. The molecule has 0 aromatic carbocycles. The van der Waals surface area contributed by atoms with Crippen molar-refractivity contribution in [3.05, 3.63) is 30.7 Å². The first-order valence-corrected chi connectivity index (χ1v) is 9.83. The lowest BCUT2D eigenvalue weighted by Gasteiger charge is -2.35. The number of hydrogen-bond donors (Lipinski definition) is 2. The fourth-order valence-corrected chi connectivity index (χ4v) is 4.30. The van der Waals surface area contributed by atoms with E-state index in [1.54, 1.807) is 12.4 Å². The van der Waals surface area contributed by atoms with Crippen LogP contribution in [0.15, 0.2) is 30.7 Å². The van der Waals surface area contributed by atoms with E-state index in [2.05, 4.69) is 24.6 Å². The average molecular weight is 345 g/mol. The van der Waals surface area contributed by atoms with Gasteiger partial charge in [0, 0.05) is 48.0 Å². The van der Waals surface area contributed by atoms with Crippen molar-refractivity contribution < 1.29 is 8.42 Å². The van der Waals surface area contributed by atoms with Gasteiger partial charge >= 0.3 is 0 Å². The molecule has 0 radical (unpaired) electrons. The third kappa shape index (κ3) is 2.83. The highest BCUT2D eigenvalue weighted by Crippen LogP contribution is 2.32. The van der Waals surface area contributed by atoms with Crippen molar-refractivity contribution in [2.24, 2.45) is 0 Å². The molecule has 0 amide bonds. The maximum Gasteiger partial charge on any atom is 0.209 e. The van der Waals surface area contributed by atoms with Crippen LogP contribution in [0.4, 0.5) is 5.69 Å². The number of piperidine rings is 1. The van der Waals surface area contributed by atoms with Crippen molar-refractivity contribution in [3.63, 3.8) is 0 Å². The van der Waals surface area contributed by atoms with Gasteiger partial charge in [0.05, 0.1) is 18.0 Å². The Kier molecular flexibility index (Phi) is 3.65. The standard InChI is InChI=1S/C16H19N5O2S/c1-24(22,23)20-11-3-2-8-21(10-11)14-5-7-17-13-9-19-16-12(15(13)14)4-6-18-16/h4-7,9,11,17,20H,2-3,8,10H2,1H3. The normalized spacial score (nSPS) is 19.2. The van der Waals surface area contributed by atoms with E-state index >= 15 is 0 Å². The molecular formula is C16H19N5O2S. The number of fused-ring (bicyclic) bond motifs is 3. The van der Waals surface area contributed by atoms with Crippen LogP contribution in [0.5, 0.6) is 0 Å². The smallest absolute Gasteiger partial charge is 0.209 e. The number of pyridine rings is 2. The zero-order chi connectivity index (χ0) is 16.7. The highest BCUT2D eigenvalue weighted by Gasteiger charge is 2.24. The molecule has 126 valence electrons. The molecule has 8 heteroatoms. The fraction of sp³-hybridized carbons (Fsp3) is 0.375. The van der Waals surface area contributed by atoms with Gasteiger partial charge < -0.3 is 9.88 Å². The molecular weight excluding hydrogens is 326 g/mol. The minimum absolute atomic E-state index is 0.0666. The van der Waals surface area contributed by atoms with Crippen LogP contribution in [-0.4, -0.2) is 48.8 Å².